The normalized spacial score (nSPS) is 16.0. The molecule has 0 unspecified atom stereocenters. The van der Waals surface area contributed by atoms with Crippen LogP contribution in [0.4, 0.5) is 0 Å². The minimum Gasteiger partial charge on any atom is -0.379 e. The maximum Gasteiger partial charge on any atom is 0.243 e. The zero-order chi connectivity index (χ0) is 18.6. The van der Waals surface area contributed by atoms with Crippen LogP contribution >= 0.6 is 15.9 Å². The zero-order valence-corrected chi connectivity index (χ0v) is 16.4. The van der Waals surface area contributed by atoms with Gasteiger partial charge < -0.3 is 4.74 Å². The van der Waals surface area contributed by atoms with Gasteiger partial charge in [0.25, 0.3) is 0 Å². The molecule has 7 heteroatoms. The fourth-order valence-corrected chi connectivity index (χ4v) is 4.24. The summed E-state index contributed by atoms with van der Waals surface area (Å²) in [6, 6.07) is 13.6. The molecule has 136 valence electrons. The molecule has 2 aromatic rings. The third-order valence-corrected chi connectivity index (χ3v) is 6.49. The second kappa shape index (κ2) is 8.26. The average Bonchev–Trinajstić information content (AvgIpc) is 2.68. The van der Waals surface area contributed by atoms with Crippen LogP contribution in [0, 0.1) is 0 Å². The van der Waals surface area contributed by atoms with Crippen molar-refractivity contribution in [2.45, 2.75) is 4.90 Å². The largest absolute Gasteiger partial charge is 0.379 e. The van der Waals surface area contributed by atoms with Crippen molar-refractivity contribution in [1.82, 2.24) is 4.31 Å². The summed E-state index contributed by atoms with van der Waals surface area (Å²) >= 11 is 3.36. The van der Waals surface area contributed by atoms with E-state index in [-0.39, 0.29) is 10.7 Å². The van der Waals surface area contributed by atoms with Crippen LogP contribution in [0.5, 0.6) is 0 Å². The zero-order valence-electron chi connectivity index (χ0n) is 14.0. The number of rotatable bonds is 5. The van der Waals surface area contributed by atoms with Crippen molar-refractivity contribution >= 4 is 37.8 Å². The van der Waals surface area contributed by atoms with Gasteiger partial charge in [0, 0.05) is 23.1 Å². The van der Waals surface area contributed by atoms with Gasteiger partial charge in [0.2, 0.25) is 10.0 Å². The van der Waals surface area contributed by atoms with Crippen molar-refractivity contribution in [3.63, 3.8) is 0 Å². The van der Waals surface area contributed by atoms with Gasteiger partial charge in [-0.3, -0.25) is 4.79 Å². The second-order valence-corrected chi connectivity index (χ2v) is 8.64. The predicted molar refractivity (Wildman–Crippen MR) is 104 cm³/mol. The molecule has 1 aliphatic heterocycles. The lowest BCUT2D eigenvalue weighted by Crippen LogP contribution is -2.40. The molecule has 0 saturated carbocycles. The first-order valence-electron chi connectivity index (χ1n) is 8.13. The number of carbonyl (C=O) groups is 1. The number of nitrogens with zero attached hydrogens (tertiary/aromatic N) is 1. The number of ether oxygens (including phenoxy) is 1. The van der Waals surface area contributed by atoms with E-state index >= 15 is 0 Å². The lowest BCUT2D eigenvalue weighted by atomic mass is 10.1. The molecule has 0 amide bonds. The van der Waals surface area contributed by atoms with Crippen LogP contribution in [0.25, 0.3) is 6.08 Å². The standard InChI is InChI=1S/C19H18BrNO4S/c20-17-6-1-15(2-7-17)3-10-19(22)16-4-8-18(9-5-16)26(23,24)21-11-13-25-14-12-21/h1-10H,11-14H2/b10-3+. The first kappa shape index (κ1) is 19.0. The lowest BCUT2D eigenvalue weighted by molar-refractivity contribution is 0.0730. The molecule has 0 bridgehead atoms. The highest BCUT2D eigenvalue weighted by atomic mass is 79.9. The molecule has 0 radical (unpaired) electrons. The Bertz CT molecular complexity index is 900. The number of ketones is 1. The summed E-state index contributed by atoms with van der Waals surface area (Å²) < 4.78 is 32.7. The number of benzene rings is 2. The highest BCUT2D eigenvalue weighted by Gasteiger charge is 2.26. The summed E-state index contributed by atoms with van der Waals surface area (Å²) in [5.41, 5.74) is 1.35. The van der Waals surface area contributed by atoms with E-state index in [9.17, 15) is 13.2 Å². The van der Waals surface area contributed by atoms with Crippen LogP contribution in [0.2, 0.25) is 0 Å². The Morgan fingerprint density at radius 3 is 2.23 bits per heavy atom. The average molecular weight is 436 g/mol. The summed E-state index contributed by atoms with van der Waals surface area (Å²) in [4.78, 5) is 12.5. The first-order chi connectivity index (χ1) is 12.5. The minimum absolute atomic E-state index is 0.178. The van der Waals surface area contributed by atoms with Gasteiger partial charge >= 0.3 is 0 Å². The molecular weight excluding hydrogens is 418 g/mol. The van der Waals surface area contributed by atoms with E-state index in [0.717, 1.165) is 10.0 Å². The van der Waals surface area contributed by atoms with E-state index in [1.54, 1.807) is 18.2 Å². The molecule has 1 heterocycles. The van der Waals surface area contributed by atoms with Gasteiger partial charge in [-0.05, 0) is 48.0 Å². The molecule has 1 fully saturated rings. The molecule has 0 aliphatic carbocycles. The van der Waals surface area contributed by atoms with Gasteiger partial charge in [-0.1, -0.05) is 34.1 Å². The Labute approximate surface area is 161 Å². The molecule has 1 saturated heterocycles. The quantitative estimate of drug-likeness (QED) is 0.533. The summed E-state index contributed by atoms with van der Waals surface area (Å²) in [7, 11) is -3.54. The van der Waals surface area contributed by atoms with Crippen molar-refractivity contribution in [2.75, 3.05) is 26.3 Å². The van der Waals surface area contributed by atoms with Gasteiger partial charge in [-0.2, -0.15) is 4.31 Å². The SMILES string of the molecule is O=C(/C=C/c1ccc(Br)cc1)c1ccc(S(=O)(=O)N2CCOCC2)cc1. The van der Waals surface area contributed by atoms with Crippen molar-refractivity contribution in [1.29, 1.82) is 0 Å². The fraction of sp³-hybridized carbons (Fsp3) is 0.211. The van der Waals surface area contributed by atoms with Gasteiger partial charge in [0.05, 0.1) is 18.1 Å². The van der Waals surface area contributed by atoms with Crippen molar-refractivity contribution in [3.8, 4) is 0 Å². The van der Waals surface area contributed by atoms with Crippen LogP contribution in [0.15, 0.2) is 64.0 Å². The summed E-state index contributed by atoms with van der Waals surface area (Å²) in [5.74, 6) is -0.178. The van der Waals surface area contributed by atoms with Crippen LogP contribution in [0.1, 0.15) is 15.9 Å². The Kier molecular flexibility index (Phi) is 6.03. The number of carbonyl (C=O) groups excluding carboxylic acids is 1. The van der Waals surface area contributed by atoms with Crippen molar-refractivity contribution < 1.29 is 17.9 Å². The van der Waals surface area contributed by atoms with Gasteiger partial charge in [-0.25, -0.2) is 8.42 Å². The summed E-state index contributed by atoms with van der Waals surface area (Å²) in [6.07, 6.45) is 3.21. The second-order valence-electron chi connectivity index (χ2n) is 5.79. The number of halogens is 1. The smallest absolute Gasteiger partial charge is 0.243 e. The van der Waals surface area contributed by atoms with Crippen molar-refractivity contribution in [3.05, 3.63) is 70.2 Å². The van der Waals surface area contributed by atoms with Crippen LogP contribution in [-0.2, 0) is 14.8 Å². The fourth-order valence-electron chi connectivity index (χ4n) is 2.57. The summed E-state index contributed by atoms with van der Waals surface area (Å²) in [5, 5.41) is 0. The maximum atomic E-state index is 12.6. The molecule has 5 nitrogen and oxygen atoms in total. The lowest BCUT2D eigenvalue weighted by Gasteiger charge is -2.26. The van der Waals surface area contributed by atoms with Crippen LogP contribution in [-0.4, -0.2) is 44.8 Å². The predicted octanol–water partition coefficient (Wildman–Crippen LogP) is 3.37. The molecule has 26 heavy (non-hydrogen) atoms. The number of morpholine rings is 1. The van der Waals surface area contributed by atoms with Gasteiger partial charge in [-0.15, -0.1) is 0 Å². The molecule has 2 aromatic carbocycles. The third kappa shape index (κ3) is 4.48. The summed E-state index contributed by atoms with van der Waals surface area (Å²) in [6.45, 7) is 1.49. The topological polar surface area (TPSA) is 63.7 Å². The van der Waals surface area contributed by atoms with Crippen LogP contribution in [0.3, 0.4) is 0 Å². The first-order valence-corrected chi connectivity index (χ1v) is 10.4. The maximum absolute atomic E-state index is 12.6. The Balaban J connectivity index is 1.72. The molecule has 1 aliphatic rings. The number of hydrogen-bond acceptors (Lipinski definition) is 4. The van der Waals surface area contributed by atoms with Gasteiger partial charge in [0.15, 0.2) is 5.78 Å². The van der Waals surface area contributed by atoms with E-state index in [1.807, 2.05) is 24.3 Å². The van der Waals surface area contributed by atoms with E-state index in [1.165, 1.54) is 22.5 Å². The van der Waals surface area contributed by atoms with E-state index in [4.69, 9.17) is 4.74 Å². The highest BCUT2D eigenvalue weighted by molar-refractivity contribution is 9.10. The van der Waals surface area contributed by atoms with E-state index in [2.05, 4.69) is 15.9 Å². The molecule has 0 atom stereocenters. The van der Waals surface area contributed by atoms with Crippen molar-refractivity contribution in [2.24, 2.45) is 0 Å². The highest BCUT2D eigenvalue weighted by Crippen LogP contribution is 2.18. The van der Waals surface area contributed by atoms with Gasteiger partial charge in [0.1, 0.15) is 0 Å². The number of sulfonamides is 1. The third-order valence-electron chi connectivity index (χ3n) is 4.04. The number of allylic oxidation sites excluding steroid dienone is 1. The molecular formula is C19H18BrNO4S. The van der Waals surface area contributed by atoms with E-state index < -0.39 is 10.0 Å². The monoisotopic (exact) mass is 435 g/mol. The molecule has 0 N–H and O–H groups in total. The number of hydrogen-bond donors (Lipinski definition) is 0. The van der Waals surface area contributed by atoms with E-state index in [0.29, 0.717) is 31.9 Å². The molecule has 3 rings (SSSR count). The van der Waals surface area contributed by atoms with Crippen LogP contribution < -0.4 is 0 Å². The Hall–Kier alpha value is -1.80. The molecule has 0 aromatic heterocycles. The Morgan fingerprint density at radius 1 is 1.00 bits per heavy atom. The Morgan fingerprint density at radius 2 is 1.62 bits per heavy atom. The molecule has 0 spiro atoms. The minimum atomic E-state index is -3.54.